The summed E-state index contributed by atoms with van der Waals surface area (Å²) in [5.74, 6) is 0. The van der Waals surface area contributed by atoms with Gasteiger partial charge in [0.05, 0.1) is 0 Å². The molecule has 0 aromatic carbocycles. The average molecular weight is 245 g/mol. The Bertz CT molecular complexity index is 241. The Kier molecular flexibility index (Phi) is 3.80. The molecule has 72 valence electrons. The molecule has 0 aliphatic rings. The summed E-state index contributed by atoms with van der Waals surface area (Å²) in [6.07, 6.45) is 0. The molecule has 0 fully saturated rings. The molecule has 1 rings (SSSR count). The molecule has 0 atom stereocenters. The molecule has 0 amide bonds. The summed E-state index contributed by atoms with van der Waals surface area (Å²) < 4.78 is 6.36. The van der Waals surface area contributed by atoms with E-state index in [4.69, 9.17) is 4.65 Å². The Morgan fingerprint density at radius 3 is 2.69 bits per heavy atom. The van der Waals surface area contributed by atoms with Gasteiger partial charge in [-0.1, -0.05) is 0 Å². The summed E-state index contributed by atoms with van der Waals surface area (Å²) in [5.41, 5.74) is 0.112. The van der Waals surface area contributed by atoms with Gasteiger partial charge in [-0.15, -0.1) is 0 Å². The average Bonchev–Trinajstić information content (AvgIpc) is 2.50. The van der Waals surface area contributed by atoms with E-state index in [1.165, 1.54) is 0 Å². The third kappa shape index (κ3) is 4.14. The van der Waals surface area contributed by atoms with Gasteiger partial charge in [0.25, 0.3) is 0 Å². The standard InChI is InChI=1S/C9H15BO2Se/c1-9(2,3)7-12-10(11)8-5-4-6-13-8/h4-6,11H,7H2,1-3H3. The SMILES string of the molecule is CC(C)(C)COB(O)c1ccc[se]1. The van der Waals surface area contributed by atoms with Crippen molar-refractivity contribution in [2.75, 3.05) is 6.61 Å². The molecule has 1 N–H and O–H groups in total. The summed E-state index contributed by atoms with van der Waals surface area (Å²) in [6.45, 7) is 6.85. The van der Waals surface area contributed by atoms with Crippen molar-refractivity contribution in [1.82, 2.24) is 0 Å². The molecule has 0 saturated heterocycles. The van der Waals surface area contributed by atoms with Crippen LogP contribution in [0.4, 0.5) is 0 Å². The Balaban J connectivity index is 2.39. The Morgan fingerprint density at radius 1 is 1.54 bits per heavy atom. The normalized spacial score (nSPS) is 11.7. The van der Waals surface area contributed by atoms with E-state index in [2.05, 4.69) is 25.7 Å². The molecule has 2 nitrogen and oxygen atoms in total. The zero-order valence-corrected chi connectivity index (χ0v) is 9.99. The predicted molar refractivity (Wildman–Crippen MR) is 56.4 cm³/mol. The fourth-order valence-corrected chi connectivity index (χ4v) is 2.22. The van der Waals surface area contributed by atoms with E-state index in [0.717, 1.165) is 4.34 Å². The van der Waals surface area contributed by atoms with Crippen molar-refractivity contribution in [1.29, 1.82) is 0 Å². The first-order valence-corrected chi connectivity index (χ1v) is 6.17. The van der Waals surface area contributed by atoms with Gasteiger partial charge >= 0.3 is 85.5 Å². The van der Waals surface area contributed by atoms with Crippen LogP contribution in [0.5, 0.6) is 0 Å². The Hall–Kier alpha value is -0.0156. The van der Waals surface area contributed by atoms with Crippen molar-refractivity contribution < 1.29 is 9.68 Å². The van der Waals surface area contributed by atoms with E-state index < -0.39 is 7.12 Å². The van der Waals surface area contributed by atoms with E-state index in [0.29, 0.717) is 6.61 Å². The third-order valence-electron chi connectivity index (χ3n) is 1.46. The second-order valence-corrected chi connectivity index (χ2v) is 6.29. The molecule has 1 aromatic rings. The van der Waals surface area contributed by atoms with Gasteiger partial charge < -0.3 is 0 Å². The van der Waals surface area contributed by atoms with Gasteiger partial charge in [0.1, 0.15) is 0 Å². The summed E-state index contributed by atoms with van der Waals surface area (Å²) >= 11 is 0.289. The summed E-state index contributed by atoms with van der Waals surface area (Å²) in [6, 6.07) is 3.91. The first-order valence-electron chi connectivity index (χ1n) is 4.32. The van der Waals surface area contributed by atoms with Crippen LogP contribution in [-0.4, -0.2) is 33.3 Å². The summed E-state index contributed by atoms with van der Waals surface area (Å²) in [5, 5.41) is 9.60. The van der Waals surface area contributed by atoms with Gasteiger partial charge in [-0.2, -0.15) is 0 Å². The van der Waals surface area contributed by atoms with Gasteiger partial charge in [-0.05, 0) is 0 Å². The Labute approximate surface area is 85.8 Å². The van der Waals surface area contributed by atoms with Crippen LogP contribution in [0.3, 0.4) is 0 Å². The minimum atomic E-state index is -0.700. The van der Waals surface area contributed by atoms with Crippen molar-refractivity contribution in [2.45, 2.75) is 20.8 Å². The first kappa shape index (κ1) is 11.1. The van der Waals surface area contributed by atoms with E-state index in [1.807, 2.05) is 12.1 Å². The van der Waals surface area contributed by atoms with Gasteiger partial charge in [0.2, 0.25) is 0 Å². The molecule has 0 aliphatic heterocycles. The molecule has 4 heteroatoms. The van der Waals surface area contributed by atoms with Crippen LogP contribution < -0.4 is 4.34 Å². The molecule has 0 saturated carbocycles. The van der Waals surface area contributed by atoms with Gasteiger partial charge in [-0.25, -0.2) is 0 Å². The van der Waals surface area contributed by atoms with Crippen LogP contribution >= 0.6 is 0 Å². The van der Waals surface area contributed by atoms with Gasteiger partial charge in [0, 0.05) is 0 Å². The quantitative estimate of drug-likeness (QED) is 0.785. The van der Waals surface area contributed by atoms with Crippen molar-refractivity contribution in [3.63, 3.8) is 0 Å². The molecule has 0 unspecified atom stereocenters. The summed E-state index contributed by atoms with van der Waals surface area (Å²) in [4.78, 5) is 2.08. The van der Waals surface area contributed by atoms with Crippen molar-refractivity contribution in [3.8, 4) is 0 Å². The Morgan fingerprint density at radius 2 is 2.23 bits per heavy atom. The first-order chi connectivity index (χ1) is 5.99. The third-order valence-corrected chi connectivity index (χ3v) is 3.36. The van der Waals surface area contributed by atoms with Crippen LogP contribution in [0, 0.1) is 5.41 Å². The monoisotopic (exact) mass is 246 g/mol. The van der Waals surface area contributed by atoms with E-state index >= 15 is 0 Å². The zero-order valence-electron chi connectivity index (χ0n) is 8.28. The summed E-state index contributed by atoms with van der Waals surface area (Å²) in [7, 11) is -0.700. The zero-order chi connectivity index (χ0) is 9.90. The second kappa shape index (κ2) is 4.47. The second-order valence-electron chi connectivity index (χ2n) is 4.24. The van der Waals surface area contributed by atoms with Crippen molar-refractivity contribution in [2.24, 2.45) is 5.41 Å². The molecular formula is C9H15BO2Se. The number of hydrogen-bond acceptors (Lipinski definition) is 2. The minimum absolute atomic E-state index is 0.112. The molecule has 1 aromatic heterocycles. The van der Waals surface area contributed by atoms with Crippen molar-refractivity contribution >= 4 is 26.0 Å². The maximum absolute atomic E-state index is 9.60. The van der Waals surface area contributed by atoms with Crippen LogP contribution in [0.25, 0.3) is 0 Å². The fourth-order valence-electron chi connectivity index (χ4n) is 0.843. The predicted octanol–water partition coefficient (Wildman–Crippen LogP) is 0.494. The van der Waals surface area contributed by atoms with Crippen LogP contribution in [0.2, 0.25) is 0 Å². The van der Waals surface area contributed by atoms with E-state index in [-0.39, 0.29) is 19.9 Å². The number of hydrogen-bond donors (Lipinski definition) is 1. The molecule has 13 heavy (non-hydrogen) atoms. The fraction of sp³-hybridized carbons (Fsp3) is 0.556. The van der Waals surface area contributed by atoms with Crippen LogP contribution in [0.1, 0.15) is 20.8 Å². The molecular weight excluding hydrogens is 230 g/mol. The molecule has 0 radical (unpaired) electrons. The van der Waals surface area contributed by atoms with Gasteiger partial charge in [-0.3, -0.25) is 0 Å². The van der Waals surface area contributed by atoms with Gasteiger partial charge in [0.15, 0.2) is 0 Å². The maximum atomic E-state index is 9.60. The topological polar surface area (TPSA) is 29.5 Å². The number of rotatable bonds is 3. The van der Waals surface area contributed by atoms with Crippen LogP contribution in [0.15, 0.2) is 17.1 Å². The molecule has 0 aliphatic carbocycles. The van der Waals surface area contributed by atoms with Crippen LogP contribution in [-0.2, 0) is 4.65 Å². The van der Waals surface area contributed by atoms with Crippen molar-refractivity contribution in [3.05, 3.63) is 17.1 Å². The molecule has 0 spiro atoms. The molecule has 1 heterocycles. The van der Waals surface area contributed by atoms with E-state index in [1.54, 1.807) is 0 Å². The molecule has 0 bridgehead atoms. The van der Waals surface area contributed by atoms with E-state index in [9.17, 15) is 5.02 Å².